The second-order valence-corrected chi connectivity index (χ2v) is 6.39. The van der Waals surface area contributed by atoms with E-state index in [1.807, 2.05) is 48.5 Å². The van der Waals surface area contributed by atoms with Gasteiger partial charge in [0.25, 0.3) is 0 Å². The van der Waals surface area contributed by atoms with Crippen LogP contribution in [0.3, 0.4) is 0 Å². The van der Waals surface area contributed by atoms with E-state index in [9.17, 15) is 14.8 Å². The van der Waals surface area contributed by atoms with E-state index < -0.39 is 19.0 Å². The van der Waals surface area contributed by atoms with Gasteiger partial charge in [0.05, 0.1) is 12.2 Å². The van der Waals surface area contributed by atoms with Crippen LogP contribution in [0.2, 0.25) is 0 Å². The Bertz CT molecular complexity index is 938. The summed E-state index contributed by atoms with van der Waals surface area (Å²) >= 11 is 0. The van der Waals surface area contributed by atoms with E-state index in [-0.39, 0.29) is 18.9 Å². The first kappa shape index (κ1) is 16.7. The van der Waals surface area contributed by atoms with Gasteiger partial charge in [-0.2, -0.15) is 0 Å². The third kappa shape index (κ3) is 3.07. The van der Waals surface area contributed by atoms with Crippen molar-refractivity contribution in [1.82, 2.24) is 5.32 Å². The van der Waals surface area contributed by atoms with Crippen molar-refractivity contribution in [2.45, 2.75) is 18.3 Å². The van der Waals surface area contributed by atoms with Crippen LogP contribution in [0.4, 0.5) is 0 Å². The second kappa shape index (κ2) is 6.86. The molecule has 7 heteroatoms. The Balaban J connectivity index is 1.52. The molecule has 2 aromatic carbocycles. The number of benzene rings is 2. The molecule has 1 unspecified atom stereocenters. The number of fused-ring (bicyclic) bond motifs is 2. The molecule has 1 aromatic heterocycles. The van der Waals surface area contributed by atoms with Crippen LogP contribution >= 0.6 is 0 Å². The molecule has 1 amide bonds. The molecule has 0 fully saturated rings. The Morgan fingerprint density at radius 2 is 1.96 bits per heavy atom. The molecule has 2 atom stereocenters. The molecule has 0 spiro atoms. The Hall–Kier alpha value is -2.77. The summed E-state index contributed by atoms with van der Waals surface area (Å²) in [6, 6.07) is 14.9. The quantitative estimate of drug-likeness (QED) is 0.608. The molecule has 0 radical (unpaired) electrons. The van der Waals surface area contributed by atoms with Crippen LogP contribution in [-0.4, -0.2) is 35.6 Å². The van der Waals surface area contributed by atoms with E-state index >= 15 is 0 Å². The van der Waals surface area contributed by atoms with E-state index in [0.29, 0.717) is 5.75 Å². The summed E-state index contributed by atoms with van der Waals surface area (Å²) in [4.78, 5) is 12.7. The van der Waals surface area contributed by atoms with Crippen molar-refractivity contribution < 1.29 is 24.0 Å². The number of amides is 1. The van der Waals surface area contributed by atoms with Crippen molar-refractivity contribution in [2.24, 2.45) is 0 Å². The second-order valence-electron chi connectivity index (χ2n) is 6.39. The number of carbonyl (C=O) groups is 1. The first-order chi connectivity index (χ1) is 12.6. The molecule has 1 aliphatic heterocycles. The summed E-state index contributed by atoms with van der Waals surface area (Å²) < 4.78 is 11.0. The van der Waals surface area contributed by atoms with Crippen LogP contribution in [0.1, 0.15) is 17.0 Å². The lowest BCUT2D eigenvalue weighted by Crippen LogP contribution is -2.49. The van der Waals surface area contributed by atoms with E-state index in [4.69, 9.17) is 9.15 Å². The number of hydrogen-bond donors (Lipinski definition) is 3. The normalized spacial score (nSPS) is 16.8. The molecule has 0 saturated carbocycles. The SMILES string of the molecule is O=C(N[C@@H](Cc1coc2ccccc12)B(O)O)C1COc2ccccc21. The number of nitrogens with one attached hydrogen (secondary N) is 1. The maximum Gasteiger partial charge on any atom is 0.475 e. The molecular weight excluding hydrogens is 333 g/mol. The van der Waals surface area contributed by atoms with Gasteiger partial charge in [0.2, 0.25) is 5.91 Å². The predicted molar refractivity (Wildman–Crippen MR) is 96.7 cm³/mol. The third-order valence-electron chi connectivity index (χ3n) is 4.70. The first-order valence-corrected chi connectivity index (χ1v) is 8.47. The maximum atomic E-state index is 12.7. The Labute approximate surface area is 150 Å². The van der Waals surface area contributed by atoms with Crippen LogP contribution < -0.4 is 10.1 Å². The predicted octanol–water partition coefficient (Wildman–Crippen LogP) is 1.65. The summed E-state index contributed by atoms with van der Waals surface area (Å²) in [7, 11) is -1.69. The summed E-state index contributed by atoms with van der Waals surface area (Å²) in [6.07, 6.45) is 1.83. The minimum atomic E-state index is -1.69. The fourth-order valence-corrected chi connectivity index (χ4v) is 3.32. The van der Waals surface area contributed by atoms with Gasteiger partial charge in [0, 0.05) is 10.9 Å². The van der Waals surface area contributed by atoms with E-state index in [0.717, 1.165) is 22.1 Å². The lowest BCUT2D eigenvalue weighted by Gasteiger charge is -2.19. The Kier molecular flexibility index (Phi) is 4.40. The number of para-hydroxylation sites is 2. The molecule has 132 valence electrons. The smallest absolute Gasteiger partial charge is 0.475 e. The number of furan rings is 1. The molecule has 2 heterocycles. The minimum Gasteiger partial charge on any atom is -0.492 e. The average molecular weight is 351 g/mol. The first-order valence-electron chi connectivity index (χ1n) is 8.47. The van der Waals surface area contributed by atoms with Gasteiger partial charge in [-0.3, -0.25) is 4.79 Å². The fourth-order valence-electron chi connectivity index (χ4n) is 3.32. The fraction of sp³-hybridized carbons (Fsp3) is 0.211. The largest absolute Gasteiger partial charge is 0.492 e. The third-order valence-corrected chi connectivity index (χ3v) is 4.70. The van der Waals surface area contributed by atoms with Crippen molar-refractivity contribution >= 4 is 24.0 Å². The van der Waals surface area contributed by atoms with Crippen molar-refractivity contribution in [2.75, 3.05) is 6.61 Å². The van der Waals surface area contributed by atoms with Gasteiger partial charge in [0.1, 0.15) is 23.9 Å². The molecule has 0 bridgehead atoms. The highest BCUT2D eigenvalue weighted by molar-refractivity contribution is 6.43. The highest BCUT2D eigenvalue weighted by Crippen LogP contribution is 2.33. The number of rotatable bonds is 5. The summed E-state index contributed by atoms with van der Waals surface area (Å²) in [6.45, 7) is 0.244. The highest BCUT2D eigenvalue weighted by atomic mass is 16.5. The number of ether oxygens (including phenoxy) is 1. The Morgan fingerprint density at radius 1 is 1.19 bits per heavy atom. The molecule has 3 N–H and O–H groups in total. The minimum absolute atomic E-state index is 0.244. The lowest BCUT2D eigenvalue weighted by atomic mass is 9.75. The van der Waals surface area contributed by atoms with Crippen molar-refractivity contribution in [1.29, 1.82) is 0 Å². The monoisotopic (exact) mass is 351 g/mol. The molecule has 1 aliphatic rings. The van der Waals surface area contributed by atoms with Gasteiger partial charge < -0.3 is 24.5 Å². The molecule has 3 aromatic rings. The maximum absolute atomic E-state index is 12.7. The van der Waals surface area contributed by atoms with Gasteiger partial charge in [0.15, 0.2) is 0 Å². The van der Waals surface area contributed by atoms with Gasteiger partial charge in [-0.25, -0.2) is 0 Å². The van der Waals surface area contributed by atoms with Gasteiger partial charge >= 0.3 is 7.12 Å². The van der Waals surface area contributed by atoms with E-state index in [1.54, 1.807) is 6.26 Å². The van der Waals surface area contributed by atoms with Crippen LogP contribution in [0.25, 0.3) is 11.0 Å². The standard InChI is InChI=1S/C19H18BNO5/c22-19(15-11-26-17-8-4-2-6-14(15)17)21-18(20(23)24)9-12-10-25-16-7-3-1-5-13(12)16/h1-8,10,15,18,23-24H,9,11H2,(H,21,22)/t15?,18-/m0/s1. The van der Waals surface area contributed by atoms with Gasteiger partial charge in [-0.15, -0.1) is 0 Å². The highest BCUT2D eigenvalue weighted by Gasteiger charge is 2.34. The summed E-state index contributed by atoms with van der Waals surface area (Å²) in [5.74, 6) is -0.916. The van der Waals surface area contributed by atoms with Gasteiger partial charge in [-0.1, -0.05) is 36.4 Å². The molecule has 4 rings (SSSR count). The van der Waals surface area contributed by atoms with Crippen LogP contribution in [0.5, 0.6) is 5.75 Å². The number of hydrogen-bond acceptors (Lipinski definition) is 5. The molecule has 6 nitrogen and oxygen atoms in total. The van der Waals surface area contributed by atoms with Crippen LogP contribution in [-0.2, 0) is 11.2 Å². The van der Waals surface area contributed by atoms with E-state index in [1.165, 1.54) is 0 Å². The zero-order chi connectivity index (χ0) is 18.1. The topological polar surface area (TPSA) is 91.9 Å². The Morgan fingerprint density at radius 3 is 2.81 bits per heavy atom. The molecule has 26 heavy (non-hydrogen) atoms. The summed E-state index contributed by atoms with van der Waals surface area (Å²) in [5, 5.41) is 23.1. The number of carbonyl (C=O) groups excluding carboxylic acids is 1. The van der Waals surface area contributed by atoms with Gasteiger partial charge in [-0.05, 0) is 24.1 Å². The summed E-state index contributed by atoms with van der Waals surface area (Å²) in [5.41, 5.74) is 2.34. The zero-order valence-corrected chi connectivity index (χ0v) is 14.0. The molecular formula is C19H18BNO5. The zero-order valence-electron chi connectivity index (χ0n) is 14.0. The molecule has 0 aliphatic carbocycles. The van der Waals surface area contributed by atoms with Crippen LogP contribution in [0, 0.1) is 0 Å². The van der Waals surface area contributed by atoms with Crippen LogP contribution in [0.15, 0.2) is 59.2 Å². The van der Waals surface area contributed by atoms with Crippen molar-refractivity contribution in [3.05, 3.63) is 65.9 Å². The van der Waals surface area contributed by atoms with E-state index in [2.05, 4.69) is 5.32 Å². The average Bonchev–Trinajstić information content (AvgIpc) is 3.25. The lowest BCUT2D eigenvalue weighted by molar-refractivity contribution is -0.123. The molecule has 0 saturated heterocycles. The van der Waals surface area contributed by atoms with Crippen molar-refractivity contribution in [3.63, 3.8) is 0 Å². The van der Waals surface area contributed by atoms with Crippen molar-refractivity contribution in [3.8, 4) is 5.75 Å².